The quantitative estimate of drug-likeness (QED) is 0.556. The average Bonchev–Trinajstić information content (AvgIpc) is 3.33. The fourth-order valence-electron chi connectivity index (χ4n) is 2.29. The second-order valence-electron chi connectivity index (χ2n) is 5.31. The van der Waals surface area contributed by atoms with Crippen LogP contribution >= 0.6 is 22.7 Å². The molecule has 0 atom stereocenters. The summed E-state index contributed by atoms with van der Waals surface area (Å²) < 4.78 is 1.72. The Balaban J connectivity index is 1.53. The Morgan fingerprint density at radius 1 is 1.28 bits per heavy atom. The monoisotopic (exact) mass is 367 g/mol. The van der Waals surface area contributed by atoms with E-state index in [1.54, 1.807) is 21.9 Å². The van der Waals surface area contributed by atoms with Crippen LogP contribution in [0.15, 0.2) is 47.2 Å². The van der Waals surface area contributed by atoms with E-state index in [1.165, 1.54) is 17.4 Å². The van der Waals surface area contributed by atoms with Crippen LogP contribution in [-0.2, 0) is 4.79 Å². The number of carbonyl (C=O) groups is 1. The second-order valence-corrected chi connectivity index (χ2v) is 7.04. The molecular formula is C17H13N5OS2. The first-order valence-electron chi connectivity index (χ1n) is 7.49. The SMILES string of the molecule is Cc1nnc2sc(-c3cccc(NC(=O)C=Cc4ccsc4)c3)nn12. The Morgan fingerprint density at radius 2 is 2.20 bits per heavy atom. The molecule has 3 heterocycles. The van der Waals surface area contributed by atoms with Gasteiger partial charge in [-0.05, 0) is 47.5 Å². The third kappa shape index (κ3) is 3.35. The summed E-state index contributed by atoms with van der Waals surface area (Å²) in [6.07, 6.45) is 3.32. The zero-order valence-electron chi connectivity index (χ0n) is 13.2. The fourth-order valence-corrected chi connectivity index (χ4v) is 3.80. The van der Waals surface area contributed by atoms with Gasteiger partial charge in [0.15, 0.2) is 5.82 Å². The summed E-state index contributed by atoms with van der Waals surface area (Å²) in [5.41, 5.74) is 2.67. The molecule has 25 heavy (non-hydrogen) atoms. The first-order chi connectivity index (χ1) is 12.2. The third-order valence-electron chi connectivity index (χ3n) is 3.49. The number of aromatic nitrogens is 4. The van der Waals surface area contributed by atoms with Crippen molar-refractivity contribution in [1.82, 2.24) is 19.8 Å². The predicted octanol–water partition coefficient (Wildman–Crippen LogP) is 3.87. The lowest BCUT2D eigenvalue weighted by atomic mass is 10.2. The summed E-state index contributed by atoms with van der Waals surface area (Å²) in [6, 6.07) is 9.56. The summed E-state index contributed by atoms with van der Waals surface area (Å²) in [5, 5.41) is 20.2. The lowest BCUT2D eigenvalue weighted by molar-refractivity contribution is -0.111. The second kappa shape index (κ2) is 6.58. The maximum absolute atomic E-state index is 12.1. The van der Waals surface area contributed by atoms with Crippen LogP contribution in [0.1, 0.15) is 11.4 Å². The van der Waals surface area contributed by atoms with Crippen LogP contribution in [0.2, 0.25) is 0 Å². The summed E-state index contributed by atoms with van der Waals surface area (Å²) >= 11 is 3.06. The summed E-state index contributed by atoms with van der Waals surface area (Å²) in [4.78, 5) is 12.8. The highest BCUT2D eigenvalue weighted by atomic mass is 32.1. The molecular weight excluding hydrogens is 354 g/mol. The van der Waals surface area contributed by atoms with Crippen LogP contribution in [0, 0.1) is 6.92 Å². The molecule has 0 saturated carbocycles. The number of hydrogen-bond donors (Lipinski definition) is 1. The Morgan fingerprint density at radius 3 is 3.00 bits per heavy atom. The number of rotatable bonds is 4. The van der Waals surface area contributed by atoms with Crippen molar-refractivity contribution in [3.05, 3.63) is 58.6 Å². The number of nitrogens with one attached hydrogen (secondary N) is 1. The standard InChI is InChI=1S/C17H13N5OS2/c1-11-19-20-17-22(11)21-16(25-17)13-3-2-4-14(9-13)18-15(23)6-5-12-7-8-24-10-12/h2-10H,1H3,(H,18,23). The van der Waals surface area contributed by atoms with E-state index < -0.39 is 0 Å². The molecule has 0 radical (unpaired) electrons. The molecule has 0 saturated heterocycles. The average molecular weight is 367 g/mol. The van der Waals surface area contributed by atoms with Gasteiger partial charge in [0, 0.05) is 17.3 Å². The Labute approximate surface area is 151 Å². The minimum absolute atomic E-state index is 0.169. The third-order valence-corrected chi connectivity index (χ3v) is 5.14. The molecule has 124 valence electrons. The predicted molar refractivity (Wildman–Crippen MR) is 101 cm³/mol. The van der Waals surface area contributed by atoms with Crippen molar-refractivity contribution in [2.24, 2.45) is 0 Å². The molecule has 0 bridgehead atoms. The molecule has 6 nitrogen and oxygen atoms in total. The van der Waals surface area contributed by atoms with Crippen LogP contribution in [-0.4, -0.2) is 25.7 Å². The molecule has 4 aromatic rings. The van der Waals surface area contributed by atoms with Crippen molar-refractivity contribution in [3.8, 4) is 10.6 Å². The maximum Gasteiger partial charge on any atom is 0.248 e. The van der Waals surface area contributed by atoms with Gasteiger partial charge < -0.3 is 5.32 Å². The summed E-state index contributed by atoms with van der Waals surface area (Å²) in [6.45, 7) is 1.86. The van der Waals surface area contributed by atoms with Gasteiger partial charge in [-0.25, -0.2) is 0 Å². The van der Waals surface area contributed by atoms with Gasteiger partial charge in [0.05, 0.1) is 0 Å². The first kappa shape index (κ1) is 15.7. The normalized spacial score (nSPS) is 11.4. The largest absolute Gasteiger partial charge is 0.322 e. The van der Waals surface area contributed by atoms with Crippen molar-refractivity contribution < 1.29 is 4.79 Å². The summed E-state index contributed by atoms with van der Waals surface area (Å²) in [5.74, 6) is 0.581. The van der Waals surface area contributed by atoms with Gasteiger partial charge in [-0.1, -0.05) is 23.5 Å². The van der Waals surface area contributed by atoms with Gasteiger partial charge in [-0.2, -0.15) is 21.0 Å². The van der Waals surface area contributed by atoms with Gasteiger partial charge in [0.2, 0.25) is 10.9 Å². The number of amides is 1. The lowest BCUT2D eigenvalue weighted by Gasteiger charge is -2.03. The highest BCUT2D eigenvalue weighted by Gasteiger charge is 2.11. The van der Waals surface area contributed by atoms with E-state index in [9.17, 15) is 4.79 Å². The zero-order valence-corrected chi connectivity index (χ0v) is 14.8. The van der Waals surface area contributed by atoms with E-state index >= 15 is 0 Å². The van der Waals surface area contributed by atoms with E-state index in [-0.39, 0.29) is 5.91 Å². The number of fused-ring (bicyclic) bond motifs is 1. The van der Waals surface area contributed by atoms with Gasteiger partial charge >= 0.3 is 0 Å². The Bertz CT molecular complexity index is 1060. The molecule has 3 aromatic heterocycles. The Hall–Kier alpha value is -2.84. The highest BCUT2D eigenvalue weighted by Crippen LogP contribution is 2.27. The van der Waals surface area contributed by atoms with E-state index in [0.717, 1.165) is 32.6 Å². The number of aryl methyl sites for hydroxylation is 1. The molecule has 0 spiro atoms. The topological polar surface area (TPSA) is 72.2 Å². The van der Waals surface area contributed by atoms with Crippen LogP contribution in [0.4, 0.5) is 5.69 Å². The molecule has 0 aliphatic carbocycles. The molecule has 1 aromatic carbocycles. The molecule has 1 amide bonds. The molecule has 8 heteroatoms. The van der Waals surface area contributed by atoms with Gasteiger partial charge in [0.1, 0.15) is 5.01 Å². The van der Waals surface area contributed by atoms with Gasteiger partial charge in [0.25, 0.3) is 0 Å². The van der Waals surface area contributed by atoms with Crippen LogP contribution in [0.3, 0.4) is 0 Å². The minimum atomic E-state index is -0.169. The number of benzene rings is 1. The smallest absolute Gasteiger partial charge is 0.248 e. The molecule has 4 rings (SSSR count). The molecule has 1 N–H and O–H groups in total. The van der Waals surface area contributed by atoms with Crippen molar-refractivity contribution in [2.75, 3.05) is 5.32 Å². The molecule has 0 unspecified atom stereocenters. The van der Waals surface area contributed by atoms with Crippen LogP contribution in [0.25, 0.3) is 21.6 Å². The van der Waals surface area contributed by atoms with Crippen LogP contribution < -0.4 is 5.32 Å². The molecule has 0 aliphatic rings. The fraction of sp³-hybridized carbons (Fsp3) is 0.0588. The first-order valence-corrected chi connectivity index (χ1v) is 9.25. The molecule has 0 aliphatic heterocycles. The number of thiophene rings is 1. The number of anilines is 1. The van der Waals surface area contributed by atoms with E-state index in [0.29, 0.717) is 0 Å². The van der Waals surface area contributed by atoms with Gasteiger partial charge in [-0.15, -0.1) is 10.2 Å². The van der Waals surface area contributed by atoms with Crippen molar-refractivity contribution >= 4 is 45.3 Å². The number of nitrogens with zero attached hydrogens (tertiary/aromatic N) is 4. The van der Waals surface area contributed by atoms with Gasteiger partial charge in [-0.3, -0.25) is 4.79 Å². The minimum Gasteiger partial charge on any atom is -0.322 e. The maximum atomic E-state index is 12.1. The van der Waals surface area contributed by atoms with Crippen LogP contribution in [0.5, 0.6) is 0 Å². The lowest BCUT2D eigenvalue weighted by Crippen LogP contribution is -2.07. The molecule has 0 fully saturated rings. The number of hydrogen-bond acceptors (Lipinski definition) is 6. The zero-order chi connectivity index (χ0) is 17.2. The summed E-state index contributed by atoms with van der Waals surface area (Å²) in [7, 11) is 0. The van der Waals surface area contributed by atoms with Crippen molar-refractivity contribution in [3.63, 3.8) is 0 Å². The highest BCUT2D eigenvalue weighted by molar-refractivity contribution is 7.19. The Kier molecular flexibility index (Phi) is 4.12. The number of carbonyl (C=O) groups excluding carboxylic acids is 1. The van der Waals surface area contributed by atoms with E-state index in [1.807, 2.05) is 48.0 Å². The van der Waals surface area contributed by atoms with Crippen molar-refractivity contribution in [2.45, 2.75) is 6.92 Å². The van der Waals surface area contributed by atoms with Crippen molar-refractivity contribution in [1.29, 1.82) is 0 Å². The van der Waals surface area contributed by atoms with E-state index in [4.69, 9.17) is 0 Å². The van der Waals surface area contributed by atoms with E-state index in [2.05, 4.69) is 20.6 Å².